The Morgan fingerprint density at radius 2 is 1.60 bits per heavy atom. The molecule has 0 bridgehead atoms. The van der Waals surface area contributed by atoms with Gasteiger partial charge in [-0.25, -0.2) is 4.39 Å². The molecule has 0 aliphatic rings. The van der Waals surface area contributed by atoms with E-state index in [-0.39, 0.29) is 0 Å². The summed E-state index contributed by atoms with van der Waals surface area (Å²) in [6, 6.07) is 0. The average molecular weight is 258 g/mol. The van der Waals surface area contributed by atoms with Crippen LogP contribution in [0.5, 0.6) is 0 Å². The molecule has 0 aromatic heterocycles. The third kappa shape index (κ3) is 2.04. The first-order valence-electron chi connectivity index (χ1n) is 1.99. The molecule has 0 saturated carbocycles. The van der Waals surface area contributed by atoms with Crippen LogP contribution in [-0.4, -0.2) is 10.5 Å². The first-order chi connectivity index (χ1) is 4.19. The smallest absolute Gasteiger partial charge is 0.212 e. The molecular weight excluding hydrogens is 256 g/mol. The number of halogens is 6. The van der Waals surface area contributed by atoms with Gasteiger partial charge in [-0.05, 0) is 11.6 Å². The van der Waals surface area contributed by atoms with Gasteiger partial charge >= 0.3 is 5.38 Å². The molecule has 0 aromatic rings. The Kier molecular flexibility index (Phi) is 3.08. The summed E-state index contributed by atoms with van der Waals surface area (Å²) in [5, 5.41) is -7.59. The Hall–Kier alpha value is 0.590. The third-order valence-electron chi connectivity index (χ3n) is 0.697. The molecule has 1 atom stereocenters. The zero-order valence-corrected chi connectivity index (χ0v) is 7.57. The maximum absolute atomic E-state index is 12.5. The first kappa shape index (κ1) is 10.6. The molecule has 0 heterocycles. The summed E-state index contributed by atoms with van der Waals surface area (Å²) in [6.07, 6.45) is 0. The fourth-order valence-electron chi connectivity index (χ4n) is 0.154. The molecule has 0 amide bonds. The van der Waals surface area contributed by atoms with Crippen LogP contribution in [0.2, 0.25) is 0 Å². The molecule has 0 aliphatic heterocycles. The van der Waals surface area contributed by atoms with Crippen LogP contribution in [0.15, 0.2) is 11.1 Å². The molecule has 0 unspecified atom stereocenters. The van der Waals surface area contributed by atoms with Crippen molar-refractivity contribution >= 4 is 39.1 Å². The molecule has 0 N–H and O–H groups in total. The zero-order chi connectivity index (χ0) is 8.58. The molecular formula is C4H2BrCl2F3. The maximum atomic E-state index is 12.5. The summed E-state index contributed by atoms with van der Waals surface area (Å²) in [5.74, 6) is 0. The second-order valence-electron chi connectivity index (χ2n) is 1.48. The fraction of sp³-hybridized carbons (Fsp3) is 0.500. The molecule has 0 rings (SSSR count). The van der Waals surface area contributed by atoms with Crippen molar-refractivity contribution in [1.82, 2.24) is 0 Å². The van der Waals surface area contributed by atoms with E-state index in [1.807, 2.05) is 0 Å². The predicted molar refractivity (Wildman–Crippen MR) is 38.6 cm³/mol. The van der Waals surface area contributed by atoms with E-state index in [0.29, 0.717) is 0 Å². The van der Waals surface area contributed by atoms with Gasteiger partial charge in [0.2, 0.25) is 0 Å². The van der Waals surface area contributed by atoms with Crippen molar-refractivity contribution in [2.24, 2.45) is 0 Å². The number of hydrogen-bond donors (Lipinski definition) is 0. The normalized spacial score (nSPS) is 18.2. The lowest BCUT2D eigenvalue weighted by atomic mass is 10.4. The minimum Gasteiger partial charge on any atom is -0.212 e. The number of allylic oxidation sites excluding steroid dienone is 1. The highest BCUT2D eigenvalue weighted by atomic mass is 79.9. The van der Waals surface area contributed by atoms with Gasteiger partial charge in [0.05, 0.1) is 0 Å². The Labute approximate surface area is 74.1 Å². The van der Waals surface area contributed by atoms with E-state index < -0.39 is 15.0 Å². The second kappa shape index (κ2) is 2.91. The first-order valence-corrected chi connectivity index (χ1v) is 3.54. The topological polar surface area (TPSA) is 0 Å². The van der Waals surface area contributed by atoms with Gasteiger partial charge in [-0.1, -0.05) is 34.1 Å². The second-order valence-corrected chi connectivity index (χ2v) is 3.43. The highest BCUT2D eigenvalue weighted by molar-refractivity contribution is 9.11. The van der Waals surface area contributed by atoms with Gasteiger partial charge in [-0.3, -0.25) is 0 Å². The molecule has 0 radical (unpaired) electrons. The standard InChI is InChI=1S/C4H2BrCl2F3/c1-2(5)3(6,8)4(7,9)10/h1H2/t3-/m0/s1. The molecule has 0 aliphatic carbocycles. The number of hydrogen-bond acceptors (Lipinski definition) is 0. The van der Waals surface area contributed by atoms with E-state index in [4.69, 9.17) is 0 Å². The van der Waals surface area contributed by atoms with Gasteiger partial charge in [-0.15, -0.1) is 0 Å². The van der Waals surface area contributed by atoms with E-state index >= 15 is 0 Å². The minimum absolute atomic E-state index is 0.707. The van der Waals surface area contributed by atoms with Gasteiger partial charge in [0, 0.05) is 4.48 Å². The molecule has 6 heteroatoms. The molecule has 0 nitrogen and oxygen atoms in total. The van der Waals surface area contributed by atoms with Crippen LogP contribution in [0.4, 0.5) is 13.2 Å². The summed E-state index contributed by atoms with van der Waals surface area (Å²) in [6.45, 7) is 2.84. The summed E-state index contributed by atoms with van der Waals surface area (Å²) >= 11 is 11.3. The van der Waals surface area contributed by atoms with Crippen molar-refractivity contribution in [2.75, 3.05) is 0 Å². The maximum Gasteiger partial charge on any atom is 0.373 e. The van der Waals surface area contributed by atoms with Crippen LogP contribution in [0, 0.1) is 0 Å². The van der Waals surface area contributed by atoms with Crippen LogP contribution < -0.4 is 0 Å². The Bertz CT molecular complexity index is 151. The molecule has 0 aromatic carbocycles. The van der Waals surface area contributed by atoms with Crippen molar-refractivity contribution in [3.8, 4) is 0 Å². The lowest BCUT2D eigenvalue weighted by Crippen LogP contribution is -2.33. The molecule has 0 spiro atoms. The van der Waals surface area contributed by atoms with E-state index in [9.17, 15) is 13.2 Å². The summed E-state index contributed by atoms with van der Waals surface area (Å²) in [4.78, 5) is 0. The Morgan fingerprint density at radius 1 is 1.30 bits per heavy atom. The van der Waals surface area contributed by atoms with E-state index in [2.05, 4.69) is 45.7 Å². The van der Waals surface area contributed by atoms with Crippen molar-refractivity contribution in [1.29, 1.82) is 0 Å². The monoisotopic (exact) mass is 256 g/mol. The minimum atomic E-state index is -4.16. The highest BCUT2D eigenvalue weighted by Gasteiger charge is 2.54. The SMILES string of the molecule is C=C(Br)[C@@](F)(Cl)C(F)(F)Cl. The fourth-order valence-corrected chi connectivity index (χ4v) is 0.631. The number of alkyl halides is 5. The van der Waals surface area contributed by atoms with Crippen LogP contribution in [-0.2, 0) is 0 Å². The van der Waals surface area contributed by atoms with Crippen LogP contribution in [0.1, 0.15) is 0 Å². The Balaban J connectivity index is 4.57. The van der Waals surface area contributed by atoms with Crippen LogP contribution >= 0.6 is 39.1 Å². The lowest BCUT2D eigenvalue weighted by Gasteiger charge is -2.20. The van der Waals surface area contributed by atoms with Crippen molar-refractivity contribution in [3.63, 3.8) is 0 Å². The molecule has 60 valence electrons. The van der Waals surface area contributed by atoms with Crippen molar-refractivity contribution in [2.45, 2.75) is 10.5 Å². The quantitative estimate of drug-likeness (QED) is 0.663. The van der Waals surface area contributed by atoms with Crippen molar-refractivity contribution in [3.05, 3.63) is 11.1 Å². The summed E-state index contributed by atoms with van der Waals surface area (Å²) in [5.41, 5.74) is 0. The summed E-state index contributed by atoms with van der Waals surface area (Å²) in [7, 11) is 0. The van der Waals surface area contributed by atoms with Gasteiger partial charge in [0.25, 0.3) is 5.13 Å². The van der Waals surface area contributed by atoms with Gasteiger partial charge in [0.15, 0.2) is 0 Å². The lowest BCUT2D eigenvalue weighted by molar-refractivity contribution is 0.00498. The molecule has 0 saturated heterocycles. The number of rotatable bonds is 2. The van der Waals surface area contributed by atoms with E-state index in [1.165, 1.54) is 0 Å². The van der Waals surface area contributed by atoms with Crippen molar-refractivity contribution < 1.29 is 13.2 Å². The summed E-state index contributed by atoms with van der Waals surface area (Å²) < 4.78 is 35.6. The molecule has 10 heavy (non-hydrogen) atoms. The van der Waals surface area contributed by atoms with E-state index in [0.717, 1.165) is 0 Å². The average Bonchev–Trinajstić information content (AvgIpc) is 1.62. The van der Waals surface area contributed by atoms with Crippen LogP contribution in [0.3, 0.4) is 0 Å². The predicted octanol–water partition coefficient (Wildman–Crippen LogP) is 3.63. The highest BCUT2D eigenvalue weighted by Crippen LogP contribution is 2.46. The van der Waals surface area contributed by atoms with Crippen LogP contribution in [0.25, 0.3) is 0 Å². The van der Waals surface area contributed by atoms with Gasteiger partial charge < -0.3 is 0 Å². The molecule has 0 fully saturated rings. The van der Waals surface area contributed by atoms with E-state index in [1.54, 1.807) is 0 Å². The largest absolute Gasteiger partial charge is 0.373 e. The zero-order valence-electron chi connectivity index (χ0n) is 4.47. The Morgan fingerprint density at radius 3 is 1.60 bits per heavy atom. The van der Waals surface area contributed by atoms with Gasteiger partial charge in [0.1, 0.15) is 0 Å². The van der Waals surface area contributed by atoms with Gasteiger partial charge in [-0.2, -0.15) is 8.78 Å². The third-order valence-corrected chi connectivity index (χ3v) is 2.29.